The number of nitrogens with one attached hydrogen (secondary N) is 2. The Hall–Kier alpha value is -1.86. The number of hydrogen-bond acceptors (Lipinski definition) is 4. The van der Waals surface area contributed by atoms with Gasteiger partial charge in [0.2, 0.25) is 5.91 Å². The highest BCUT2D eigenvalue weighted by atomic mass is 127. The topological polar surface area (TPSA) is 87.7 Å². The summed E-state index contributed by atoms with van der Waals surface area (Å²) >= 11 is 7.58. The van der Waals surface area contributed by atoms with Gasteiger partial charge in [0, 0.05) is 10.9 Å². The second-order valence-corrected chi connectivity index (χ2v) is 11.0. The molecule has 0 heterocycles. The summed E-state index contributed by atoms with van der Waals surface area (Å²) in [7, 11) is 0. The number of carbonyl (C=O) groups excluding carboxylic acids is 2. The fraction of sp³-hybridized carbons (Fsp3) is 0.200. The molecule has 0 bridgehead atoms. The number of rotatable bonds is 7. The van der Waals surface area contributed by atoms with Gasteiger partial charge in [-0.3, -0.25) is 4.79 Å². The van der Waals surface area contributed by atoms with Gasteiger partial charge in [-0.25, -0.2) is 4.79 Å². The molecule has 34 heavy (non-hydrogen) atoms. The Kier molecular flexibility index (Phi) is 9.60. The molecule has 0 aliphatic rings. The Morgan fingerprint density at radius 3 is 2.26 bits per heavy atom. The molecule has 1 atom stereocenters. The predicted molar refractivity (Wildman–Crippen MR) is 153 cm³/mol. The minimum absolute atomic E-state index is 0.0960. The fourth-order valence-electron chi connectivity index (χ4n) is 3.18. The number of carbonyl (C=O) groups is 2. The van der Waals surface area contributed by atoms with Crippen LogP contribution < -0.4 is 10.6 Å². The van der Waals surface area contributed by atoms with E-state index in [0.717, 1.165) is 26.7 Å². The van der Waals surface area contributed by atoms with E-state index in [0.29, 0.717) is 12.8 Å². The summed E-state index contributed by atoms with van der Waals surface area (Å²) in [6.07, 6.45) is -0.465. The average Bonchev–Trinajstić information content (AvgIpc) is 2.79. The van der Waals surface area contributed by atoms with Gasteiger partial charge in [0.15, 0.2) is 0 Å². The molecule has 0 saturated carbocycles. The zero-order valence-electron chi connectivity index (χ0n) is 18.5. The molecule has 3 aromatic carbocycles. The third-order valence-electron chi connectivity index (χ3n) is 5.18. The second kappa shape index (κ2) is 12.2. The molecular weight excluding hydrogens is 726 g/mol. The van der Waals surface area contributed by atoms with Crippen molar-refractivity contribution in [2.75, 3.05) is 5.32 Å². The molecule has 6 nitrogen and oxygen atoms in total. The number of anilines is 1. The SMILES string of the molecule is Cc1cc(Br)c(NC(=O)[C@@H](Cc2cc(I)c(O)c(I)c2)NC(=O)OCc2ccccc2)cc1C. The first-order valence-corrected chi connectivity index (χ1v) is 13.3. The van der Waals surface area contributed by atoms with Crippen LogP contribution in [-0.4, -0.2) is 23.1 Å². The molecule has 0 aromatic heterocycles. The normalized spacial score (nSPS) is 11.6. The molecule has 3 rings (SSSR count). The summed E-state index contributed by atoms with van der Waals surface area (Å²) in [6.45, 7) is 4.06. The van der Waals surface area contributed by atoms with Gasteiger partial charge in [-0.1, -0.05) is 30.3 Å². The minimum Gasteiger partial charge on any atom is -0.506 e. The number of phenols is 1. The predicted octanol–water partition coefficient (Wildman–Crippen LogP) is 6.46. The van der Waals surface area contributed by atoms with Gasteiger partial charge >= 0.3 is 6.09 Å². The van der Waals surface area contributed by atoms with Gasteiger partial charge in [-0.05, 0) is 121 Å². The maximum atomic E-state index is 13.3. The minimum atomic E-state index is -0.895. The number of benzene rings is 3. The number of halogens is 3. The quantitative estimate of drug-likeness (QED) is 0.243. The molecule has 2 amide bonds. The monoisotopic (exact) mass is 748 g/mol. The molecule has 0 spiro atoms. The Bertz CT molecular complexity index is 1180. The van der Waals surface area contributed by atoms with Crippen LogP contribution in [0.3, 0.4) is 0 Å². The summed E-state index contributed by atoms with van der Waals surface area (Å²) in [5.41, 5.74) is 4.40. The van der Waals surface area contributed by atoms with Crippen molar-refractivity contribution in [1.82, 2.24) is 5.32 Å². The lowest BCUT2D eigenvalue weighted by Gasteiger charge is -2.20. The molecule has 3 aromatic rings. The lowest BCUT2D eigenvalue weighted by Crippen LogP contribution is -2.45. The number of alkyl carbamates (subject to hydrolysis) is 1. The van der Waals surface area contributed by atoms with E-state index in [1.807, 2.05) is 101 Å². The van der Waals surface area contributed by atoms with Crippen LogP contribution in [0.1, 0.15) is 22.3 Å². The smallest absolute Gasteiger partial charge is 0.408 e. The van der Waals surface area contributed by atoms with Crippen molar-refractivity contribution < 1.29 is 19.4 Å². The third-order valence-corrected chi connectivity index (χ3v) is 7.48. The lowest BCUT2D eigenvalue weighted by atomic mass is 10.0. The molecule has 0 aliphatic carbocycles. The first kappa shape index (κ1) is 26.7. The number of aryl methyl sites for hydroxylation is 2. The van der Waals surface area contributed by atoms with Crippen LogP contribution in [0.15, 0.2) is 59.1 Å². The third kappa shape index (κ3) is 7.32. The fourth-order valence-corrected chi connectivity index (χ4v) is 5.64. The zero-order valence-corrected chi connectivity index (χ0v) is 24.4. The van der Waals surface area contributed by atoms with Crippen molar-refractivity contribution >= 4 is 78.8 Å². The molecule has 9 heteroatoms. The van der Waals surface area contributed by atoms with Crippen molar-refractivity contribution in [3.63, 3.8) is 0 Å². The summed E-state index contributed by atoms with van der Waals surface area (Å²) in [5.74, 6) is -0.182. The van der Waals surface area contributed by atoms with E-state index < -0.39 is 12.1 Å². The molecular formula is C25H23BrI2N2O4. The summed E-state index contributed by atoms with van der Waals surface area (Å²) < 4.78 is 7.43. The van der Waals surface area contributed by atoms with E-state index >= 15 is 0 Å². The van der Waals surface area contributed by atoms with Crippen molar-refractivity contribution in [1.29, 1.82) is 0 Å². The van der Waals surface area contributed by atoms with Crippen molar-refractivity contribution in [2.24, 2.45) is 0 Å². The van der Waals surface area contributed by atoms with Crippen LogP contribution in [0.2, 0.25) is 0 Å². The molecule has 3 N–H and O–H groups in total. The highest BCUT2D eigenvalue weighted by Gasteiger charge is 2.24. The molecule has 0 fully saturated rings. The Morgan fingerprint density at radius 1 is 1.00 bits per heavy atom. The van der Waals surface area contributed by atoms with Crippen molar-refractivity contribution in [3.8, 4) is 5.75 Å². The molecule has 0 radical (unpaired) electrons. The van der Waals surface area contributed by atoms with Gasteiger partial charge in [-0.2, -0.15) is 0 Å². The Morgan fingerprint density at radius 2 is 1.62 bits per heavy atom. The van der Waals surface area contributed by atoms with Gasteiger partial charge in [0.05, 0.1) is 12.8 Å². The molecule has 0 unspecified atom stereocenters. The van der Waals surface area contributed by atoms with Crippen LogP contribution in [0.25, 0.3) is 0 Å². The highest BCUT2D eigenvalue weighted by Crippen LogP contribution is 2.29. The summed E-state index contributed by atoms with van der Waals surface area (Å²) in [6, 6.07) is 15.8. The summed E-state index contributed by atoms with van der Waals surface area (Å²) in [5, 5.41) is 15.7. The number of amides is 2. The zero-order chi connectivity index (χ0) is 24.8. The standard InChI is InChI=1S/C25H23BrI2N2O4/c1-14-8-18(26)21(9-15(14)2)29-24(32)22(12-17-10-19(27)23(31)20(28)11-17)30-25(33)34-13-16-6-4-3-5-7-16/h3-11,22,31H,12-13H2,1-2H3,(H,29,32)(H,30,33)/t22-/m1/s1. The van der Waals surface area contributed by atoms with E-state index in [1.165, 1.54) is 0 Å². The van der Waals surface area contributed by atoms with Crippen LogP contribution in [0.4, 0.5) is 10.5 Å². The Balaban J connectivity index is 1.79. The molecule has 178 valence electrons. The first-order valence-electron chi connectivity index (χ1n) is 10.4. The van der Waals surface area contributed by atoms with Gasteiger partial charge in [0.1, 0.15) is 18.4 Å². The van der Waals surface area contributed by atoms with Crippen LogP contribution >= 0.6 is 61.1 Å². The number of aromatic hydroxyl groups is 1. The Labute approximate surface area is 234 Å². The van der Waals surface area contributed by atoms with Crippen molar-refractivity contribution in [3.05, 3.63) is 88.5 Å². The summed E-state index contributed by atoms with van der Waals surface area (Å²) in [4.78, 5) is 25.8. The number of ether oxygens (including phenoxy) is 1. The number of hydrogen-bond donors (Lipinski definition) is 3. The van der Waals surface area contributed by atoms with Crippen LogP contribution in [-0.2, 0) is 22.6 Å². The van der Waals surface area contributed by atoms with Crippen LogP contribution in [0.5, 0.6) is 5.75 Å². The molecule has 0 saturated heterocycles. The van der Waals surface area contributed by atoms with E-state index in [-0.39, 0.29) is 24.7 Å². The van der Waals surface area contributed by atoms with E-state index in [9.17, 15) is 14.7 Å². The molecule has 0 aliphatic heterocycles. The first-order chi connectivity index (χ1) is 16.1. The maximum absolute atomic E-state index is 13.3. The van der Waals surface area contributed by atoms with Gasteiger partial charge in [0.25, 0.3) is 0 Å². The largest absolute Gasteiger partial charge is 0.506 e. The maximum Gasteiger partial charge on any atom is 0.408 e. The van der Waals surface area contributed by atoms with Gasteiger partial charge in [-0.15, -0.1) is 0 Å². The lowest BCUT2D eigenvalue weighted by molar-refractivity contribution is -0.118. The average molecular weight is 749 g/mol. The second-order valence-electron chi connectivity index (χ2n) is 7.78. The van der Waals surface area contributed by atoms with E-state index in [1.54, 1.807) is 12.1 Å². The van der Waals surface area contributed by atoms with E-state index in [2.05, 4.69) is 26.6 Å². The highest BCUT2D eigenvalue weighted by molar-refractivity contribution is 14.1. The van der Waals surface area contributed by atoms with Crippen LogP contribution in [0, 0.1) is 21.0 Å². The van der Waals surface area contributed by atoms with Gasteiger partial charge < -0.3 is 20.5 Å². The van der Waals surface area contributed by atoms with Crippen molar-refractivity contribution in [2.45, 2.75) is 32.9 Å². The van der Waals surface area contributed by atoms with E-state index in [4.69, 9.17) is 4.74 Å². The number of phenolic OH excluding ortho intramolecular Hbond substituents is 1.